The molecule has 0 aliphatic rings. The van der Waals surface area contributed by atoms with Crippen molar-refractivity contribution in [3.63, 3.8) is 0 Å². The van der Waals surface area contributed by atoms with Crippen molar-refractivity contribution in [2.75, 3.05) is 0 Å². The summed E-state index contributed by atoms with van der Waals surface area (Å²) < 4.78 is 48.0. The smallest absolute Gasteiger partial charge is 0.143 e. The van der Waals surface area contributed by atoms with Gasteiger partial charge in [-0.15, -0.1) is 0 Å². The minimum Gasteiger partial charge on any atom is -0.455 e. The molecule has 0 spiro atoms. The van der Waals surface area contributed by atoms with E-state index in [4.69, 9.17) is 11.3 Å². The predicted octanol–water partition coefficient (Wildman–Crippen LogP) is 10.9. The molecule has 0 aliphatic heterocycles. The van der Waals surface area contributed by atoms with Crippen molar-refractivity contribution in [1.82, 2.24) is 0 Å². The molecular weight excluding hydrogens is 472 g/mol. The molecule has 1 heteroatoms. The summed E-state index contributed by atoms with van der Waals surface area (Å²) in [6.07, 6.45) is 0. The topological polar surface area (TPSA) is 13.1 Å². The molecule has 1 nitrogen and oxygen atoms in total. The summed E-state index contributed by atoms with van der Waals surface area (Å²) in [7, 11) is 0. The molecule has 7 aromatic carbocycles. The Balaban J connectivity index is 1.45. The van der Waals surface area contributed by atoms with E-state index in [1.807, 2.05) is 60.7 Å². The van der Waals surface area contributed by atoms with Gasteiger partial charge in [0.15, 0.2) is 0 Å². The predicted molar refractivity (Wildman–Crippen MR) is 165 cm³/mol. The monoisotopic (exact) mass is 501 g/mol. The molecule has 0 saturated carbocycles. The molecular formula is C38H24O. The molecule has 0 saturated heterocycles. The molecule has 182 valence electrons. The number of fused-ring (bicyclic) bond motifs is 5. The maximum absolute atomic E-state index is 8.56. The van der Waals surface area contributed by atoms with Crippen molar-refractivity contribution < 1.29 is 11.3 Å². The number of rotatable bonds is 3. The van der Waals surface area contributed by atoms with Crippen LogP contribution in [0, 0.1) is 0 Å². The van der Waals surface area contributed by atoms with Crippen molar-refractivity contribution in [1.29, 1.82) is 0 Å². The fraction of sp³-hybridized carbons (Fsp3) is 0. The lowest BCUT2D eigenvalue weighted by Crippen LogP contribution is -1.91. The van der Waals surface area contributed by atoms with Crippen LogP contribution in [0.5, 0.6) is 0 Å². The van der Waals surface area contributed by atoms with E-state index in [0.29, 0.717) is 5.56 Å². The van der Waals surface area contributed by atoms with E-state index >= 15 is 0 Å². The Bertz CT molecular complexity index is 2370. The zero-order valence-corrected chi connectivity index (χ0v) is 20.9. The first-order valence-corrected chi connectivity index (χ1v) is 13.0. The molecule has 0 amide bonds. The van der Waals surface area contributed by atoms with Gasteiger partial charge in [-0.1, -0.05) is 133 Å². The van der Waals surface area contributed by atoms with Crippen LogP contribution in [0.25, 0.3) is 76.9 Å². The SMILES string of the molecule is [2H]c1c([2H])c([2H])c(-c2cccc(-c3c4ccccc4c(-c4cccc5c4oc4ccccc45)c4ccccc34)c2)c([2H])c1[2H]. The quantitative estimate of drug-likeness (QED) is 0.219. The minimum atomic E-state index is -0.396. The Kier molecular flexibility index (Phi) is 3.89. The van der Waals surface area contributed by atoms with Gasteiger partial charge >= 0.3 is 0 Å². The normalized spacial score (nSPS) is 13.4. The molecule has 39 heavy (non-hydrogen) atoms. The summed E-state index contributed by atoms with van der Waals surface area (Å²) in [6.45, 7) is 0. The van der Waals surface area contributed by atoms with Gasteiger partial charge in [0.05, 0.1) is 6.85 Å². The Labute approximate surface area is 233 Å². The molecule has 1 heterocycles. The summed E-state index contributed by atoms with van der Waals surface area (Å²) >= 11 is 0. The number of furan rings is 1. The lowest BCUT2D eigenvalue weighted by molar-refractivity contribution is 0.670. The highest BCUT2D eigenvalue weighted by molar-refractivity contribution is 6.24. The van der Waals surface area contributed by atoms with Gasteiger partial charge in [-0.05, 0) is 55.9 Å². The molecule has 0 atom stereocenters. The minimum absolute atomic E-state index is 0.194. The van der Waals surface area contributed by atoms with Crippen molar-refractivity contribution in [3.05, 3.63) is 145 Å². The number of benzene rings is 7. The van der Waals surface area contributed by atoms with E-state index in [2.05, 4.69) is 48.5 Å². The second kappa shape index (κ2) is 8.72. The molecule has 0 radical (unpaired) electrons. The molecule has 8 rings (SSSR count). The Morgan fingerprint density at radius 1 is 0.436 bits per heavy atom. The van der Waals surface area contributed by atoms with Crippen molar-refractivity contribution in [2.45, 2.75) is 0 Å². The Morgan fingerprint density at radius 2 is 1.00 bits per heavy atom. The molecule has 1 aromatic heterocycles. The first-order valence-electron chi connectivity index (χ1n) is 15.5. The maximum Gasteiger partial charge on any atom is 0.143 e. The van der Waals surface area contributed by atoms with Gasteiger partial charge in [0.25, 0.3) is 0 Å². The number of hydrogen-bond donors (Lipinski definition) is 0. The van der Waals surface area contributed by atoms with Crippen LogP contribution in [0.15, 0.2) is 150 Å². The van der Waals surface area contributed by atoms with Gasteiger partial charge in [-0.2, -0.15) is 0 Å². The molecule has 0 fully saturated rings. The van der Waals surface area contributed by atoms with Gasteiger partial charge in [0.1, 0.15) is 11.2 Å². The van der Waals surface area contributed by atoms with Crippen molar-refractivity contribution >= 4 is 43.5 Å². The first kappa shape index (κ1) is 17.4. The van der Waals surface area contributed by atoms with Crippen LogP contribution in [0.4, 0.5) is 0 Å². The van der Waals surface area contributed by atoms with E-state index in [1.165, 1.54) is 0 Å². The summed E-state index contributed by atoms with van der Waals surface area (Å²) in [5.41, 5.74) is 6.49. The van der Waals surface area contributed by atoms with E-state index in [0.717, 1.165) is 65.7 Å². The van der Waals surface area contributed by atoms with Gasteiger partial charge < -0.3 is 4.42 Å². The zero-order valence-electron chi connectivity index (χ0n) is 25.9. The molecule has 0 N–H and O–H groups in total. The maximum atomic E-state index is 8.56. The van der Waals surface area contributed by atoms with Crippen LogP contribution < -0.4 is 0 Å². The second-order valence-electron chi connectivity index (χ2n) is 9.70. The average Bonchev–Trinajstić information content (AvgIpc) is 3.45. The molecule has 0 aliphatic carbocycles. The Hall–Kier alpha value is -5.14. The van der Waals surface area contributed by atoms with Crippen LogP contribution >= 0.6 is 0 Å². The highest BCUT2D eigenvalue weighted by Crippen LogP contribution is 2.46. The van der Waals surface area contributed by atoms with Gasteiger partial charge in [-0.3, -0.25) is 0 Å². The van der Waals surface area contributed by atoms with Crippen LogP contribution in [0.1, 0.15) is 6.85 Å². The van der Waals surface area contributed by atoms with Gasteiger partial charge in [0.2, 0.25) is 0 Å². The summed E-state index contributed by atoms with van der Waals surface area (Å²) in [6, 6.07) is 37.2. The van der Waals surface area contributed by atoms with Crippen LogP contribution in [-0.2, 0) is 0 Å². The van der Waals surface area contributed by atoms with Crippen LogP contribution in [0.2, 0.25) is 0 Å². The van der Waals surface area contributed by atoms with Gasteiger partial charge in [-0.25, -0.2) is 0 Å². The van der Waals surface area contributed by atoms with Crippen LogP contribution in [-0.4, -0.2) is 0 Å². The van der Waals surface area contributed by atoms with E-state index in [1.54, 1.807) is 6.07 Å². The second-order valence-corrected chi connectivity index (χ2v) is 9.70. The highest BCUT2D eigenvalue weighted by Gasteiger charge is 2.20. The van der Waals surface area contributed by atoms with Crippen LogP contribution in [0.3, 0.4) is 0 Å². The highest BCUT2D eigenvalue weighted by atomic mass is 16.3. The van der Waals surface area contributed by atoms with Gasteiger partial charge in [0, 0.05) is 21.9 Å². The number of para-hydroxylation sites is 2. The Morgan fingerprint density at radius 3 is 1.72 bits per heavy atom. The van der Waals surface area contributed by atoms with Crippen molar-refractivity contribution in [2.24, 2.45) is 0 Å². The zero-order chi connectivity index (χ0) is 30.1. The summed E-state index contributed by atoms with van der Waals surface area (Å²) in [4.78, 5) is 0. The fourth-order valence-electron chi connectivity index (χ4n) is 5.90. The largest absolute Gasteiger partial charge is 0.455 e. The third-order valence-corrected chi connectivity index (χ3v) is 7.55. The summed E-state index contributed by atoms with van der Waals surface area (Å²) in [5, 5.41) is 6.39. The molecule has 0 bridgehead atoms. The van der Waals surface area contributed by atoms with E-state index in [-0.39, 0.29) is 29.7 Å². The van der Waals surface area contributed by atoms with E-state index < -0.39 is 6.04 Å². The standard InChI is InChI=1S/C38H24O/c1-2-12-25(13-3-1)26-14-10-15-27(24-26)36-29-17-4-6-19-31(29)37(32-20-7-5-18-30(32)36)34-22-11-21-33-28-16-8-9-23-35(28)39-38(33)34/h1-24H/i1D,2D,3D,12D,13D. The summed E-state index contributed by atoms with van der Waals surface area (Å²) in [5.74, 6) is 0. The third kappa shape index (κ3) is 3.41. The van der Waals surface area contributed by atoms with E-state index in [9.17, 15) is 0 Å². The molecule has 0 unspecified atom stereocenters. The lowest BCUT2D eigenvalue weighted by Gasteiger charge is -2.18. The number of hydrogen-bond acceptors (Lipinski definition) is 1. The molecule has 8 aromatic rings. The lowest BCUT2D eigenvalue weighted by atomic mass is 9.85. The third-order valence-electron chi connectivity index (χ3n) is 7.55. The first-order chi connectivity index (χ1) is 21.4. The fourth-order valence-corrected chi connectivity index (χ4v) is 5.90. The average molecular weight is 502 g/mol. The van der Waals surface area contributed by atoms with Crippen molar-refractivity contribution in [3.8, 4) is 33.4 Å².